The summed E-state index contributed by atoms with van der Waals surface area (Å²) in [6.07, 6.45) is -14.6. The number of carbonyl (C=O) groups excluding carboxylic acids is 4. The summed E-state index contributed by atoms with van der Waals surface area (Å²) in [5.74, 6) is -30.6. The lowest BCUT2D eigenvalue weighted by atomic mass is 9.73. The standard InChI is InChI=1S/C49H36O27/c50-15-2-1-10(3-17(15)52)41-22(57)4-11-16(51)8-18(53)27(42(11)73-41)30-29-31-28(38(65)40(67)39(29)66)26-14(7-21(56)34(61)37(26)64)48(70)76-45(44(30)75-49(31)71)43-23(58)9-72-46(68)12-5-19(54)32(59)35(62)24(12)25-13(47(69)74-43)6-20(55)33(60)36(25)63/h1-3,5-8,22-23,30,41,43-45,50-67H,4,9H2/t22-,23?,30-,41-,43?,44?,45?/m0/s1. The zero-order valence-electron chi connectivity index (χ0n) is 37.7. The van der Waals surface area contributed by atoms with Crippen LogP contribution in [0.2, 0.25) is 0 Å². The minimum absolute atomic E-state index is 0.0770. The van der Waals surface area contributed by atoms with E-state index < -0.39 is 233 Å². The van der Waals surface area contributed by atoms with Crippen LogP contribution in [0.1, 0.15) is 75.7 Å². The van der Waals surface area contributed by atoms with Crippen LogP contribution < -0.4 is 4.74 Å². The number of phenols is 16. The molecule has 0 spiro atoms. The molecule has 76 heavy (non-hydrogen) atoms. The number of cyclic esters (lactones) is 3. The van der Waals surface area contributed by atoms with Gasteiger partial charge in [-0.1, -0.05) is 6.07 Å². The van der Waals surface area contributed by atoms with E-state index in [0.717, 1.165) is 12.1 Å². The van der Waals surface area contributed by atoms with Gasteiger partial charge in [0.2, 0.25) is 23.0 Å². The molecule has 0 saturated heterocycles. The number of aliphatic hydroxyl groups is 2. The SMILES string of the molecule is O=C1OCC(O)C(C2OC(=O)c3cc(O)c(O)c(O)c3-c3c(O)c(O)c(O)c4c3C(=O)OC2[C@H]4c2c(O)cc(O)c3c2O[C@@H](c2ccc(O)c(O)c2)[C@@H](O)C3)OC(=O)c2cc(O)c(O)c(O)c2-c2c1cc(O)c(O)c2O. The molecule has 6 aromatic rings. The molecular weight excluding hydrogens is 1020 g/mol. The molecule has 18 N–H and O–H groups in total. The Kier molecular flexibility index (Phi) is 11.1. The number of ether oxygens (including phenoxy) is 5. The minimum Gasteiger partial charge on any atom is -0.507 e. The summed E-state index contributed by atoms with van der Waals surface area (Å²) in [7, 11) is 0. The average Bonchev–Trinajstić information content (AvgIpc) is 3.46. The molecule has 0 fully saturated rings. The van der Waals surface area contributed by atoms with Crippen molar-refractivity contribution in [1.29, 1.82) is 0 Å². The monoisotopic (exact) mass is 1060 g/mol. The molecule has 0 aliphatic carbocycles. The summed E-state index contributed by atoms with van der Waals surface area (Å²) in [5.41, 5.74) is -11.2. The first-order chi connectivity index (χ1) is 35.8. The second-order valence-corrected chi connectivity index (χ2v) is 17.7. The molecule has 27 heteroatoms. The van der Waals surface area contributed by atoms with Gasteiger partial charge in [-0.2, -0.15) is 0 Å². The predicted octanol–water partition coefficient (Wildman–Crippen LogP) is 2.31. The quantitative estimate of drug-likeness (QED) is 0.0687. The number of aromatic hydroxyl groups is 16. The summed E-state index contributed by atoms with van der Waals surface area (Å²) in [4.78, 5) is 58.3. The van der Waals surface area contributed by atoms with Crippen molar-refractivity contribution >= 4 is 23.9 Å². The van der Waals surface area contributed by atoms with Crippen LogP contribution in [0, 0.1) is 0 Å². The van der Waals surface area contributed by atoms with E-state index in [9.17, 15) is 111 Å². The normalized spacial score (nSPS) is 21.7. The third-order valence-corrected chi connectivity index (χ3v) is 13.4. The number of rotatable bonds is 3. The van der Waals surface area contributed by atoms with E-state index in [1.807, 2.05) is 0 Å². The molecule has 27 nitrogen and oxygen atoms in total. The van der Waals surface area contributed by atoms with Gasteiger partial charge in [0.1, 0.15) is 36.1 Å². The van der Waals surface area contributed by atoms with E-state index in [-0.39, 0.29) is 11.1 Å². The van der Waals surface area contributed by atoms with Crippen LogP contribution in [-0.4, -0.2) is 153 Å². The molecule has 7 atom stereocenters. The zero-order valence-corrected chi connectivity index (χ0v) is 37.7. The maximum atomic E-state index is 14.8. The molecule has 0 aromatic heterocycles. The Morgan fingerprint density at radius 2 is 0.882 bits per heavy atom. The molecule has 394 valence electrons. The number of benzene rings is 6. The van der Waals surface area contributed by atoms with Gasteiger partial charge >= 0.3 is 23.9 Å². The molecule has 0 amide bonds. The first-order valence-corrected chi connectivity index (χ1v) is 21.9. The summed E-state index contributed by atoms with van der Waals surface area (Å²) in [5, 5.41) is 200. The smallest absolute Gasteiger partial charge is 0.339 e. The van der Waals surface area contributed by atoms with Crippen molar-refractivity contribution in [2.45, 2.75) is 49.0 Å². The Labute approximate surface area is 420 Å². The van der Waals surface area contributed by atoms with E-state index in [1.54, 1.807) is 0 Å². The number of fused-ring (bicyclic) bond motifs is 8. The largest absolute Gasteiger partial charge is 0.507 e. The second kappa shape index (κ2) is 17.2. The molecule has 4 aliphatic rings. The lowest BCUT2D eigenvalue weighted by molar-refractivity contribution is -0.133. The van der Waals surface area contributed by atoms with Crippen molar-refractivity contribution in [3.05, 3.63) is 87.0 Å². The lowest BCUT2D eigenvalue weighted by Gasteiger charge is -2.43. The molecule has 4 aliphatic heterocycles. The third kappa shape index (κ3) is 7.11. The van der Waals surface area contributed by atoms with Gasteiger partial charge in [-0.3, -0.25) is 0 Å². The van der Waals surface area contributed by atoms with Gasteiger partial charge < -0.3 is 116 Å². The molecular formula is C49H36O27. The van der Waals surface area contributed by atoms with Crippen LogP contribution >= 0.6 is 0 Å². The van der Waals surface area contributed by atoms with Gasteiger partial charge in [0.25, 0.3) is 0 Å². The molecule has 4 unspecified atom stereocenters. The van der Waals surface area contributed by atoms with Crippen molar-refractivity contribution in [2.24, 2.45) is 0 Å². The molecule has 2 bridgehead atoms. The van der Waals surface area contributed by atoms with Gasteiger partial charge in [0.05, 0.1) is 34.3 Å². The van der Waals surface area contributed by atoms with E-state index in [1.165, 1.54) is 6.07 Å². The van der Waals surface area contributed by atoms with Gasteiger partial charge in [-0.25, -0.2) is 19.2 Å². The van der Waals surface area contributed by atoms with Crippen LogP contribution in [0.25, 0.3) is 22.3 Å². The van der Waals surface area contributed by atoms with Gasteiger partial charge in [-0.05, 0) is 35.9 Å². The van der Waals surface area contributed by atoms with E-state index in [0.29, 0.717) is 24.3 Å². The Morgan fingerprint density at radius 3 is 1.43 bits per heavy atom. The average molecular weight is 1060 g/mol. The topological polar surface area (TPSA) is 479 Å². The maximum Gasteiger partial charge on any atom is 0.339 e. The summed E-state index contributed by atoms with van der Waals surface area (Å²) in [6, 6.07) is 5.02. The van der Waals surface area contributed by atoms with Crippen LogP contribution in [0.3, 0.4) is 0 Å². The Bertz CT molecular complexity index is 3600. The highest BCUT2D eigenvalue weighted by Crippen LogP contribution is 2.62. The fourth-order valence-corrected chi connectivity index (χ4v) is 9.89. The van der Waals surface area contributed by atoms with Crippen molar-refractivity contribution in [3.63, 3.8) is 0 Å². The van der Waals surface area contributed by atoms with Crippen molar-refractivity contribution in [2.75, 3.05) is 6.61 Å². The number of aliphatic hydroxyl groups excluding tert-OH is 2. The number of phenolic OH excluding ortho intramolecular Hbond substituents is 16. The highest BCUT2D eigenvalue weighted by Gasteiger charge is 2.56. The van der Waals surface area contributed by atoms with Crippen LogP contribution in [0.4, 0.5) is 0 Å². The minimum atomic E-state index is -2.77. The Morgan fingerprint density at radius 1 is 0.382 bits per heavy atom. The first kappa shape index (κ1) is 49.3. The molecule has 6 aromatic carbocycles. The van der Waals surface area contributed by atoms with Crippen LogP contribution in [-0.2, 0) is 25.4 Å². The molecule has 4 heterocycles. The van der Waals surface area contributed by atoms with E-state index >= 15 is 0 Å². The highest BCUT2D eigenvalue weighted by atomic mass is 16.6. The predicted molar refractivity (Wildman–Crippen MR) is 242 cm³/mol. The second-order valence-electron chi connectivity index (χ2n) is 17.7. The van der Waals surface area contributed by atoms with E-state index in [2.05, 4.69) is 0 Å². The fraction of sp³-hybridized carbons (Fsp3) is 0.184. The number of hydrogen-bond acceptors (Lipinski definition) is 27. The summed E-state index contributed by atoms with van der Waals surface area (Å²) < 4.78 is 29.1. The maximum absolute atomic E-state index is 14.8. The summed E-state index contributed by atoms with van der Waals surface area (Å²) in [6.45, 7) is -1.44. The Balaban J connectivity index is 1.28. The van der Waals surface area contributed by atoms with Gasteiger partial charge in [0, 0.05) is 51.4 Å². The fourth-order valence-electron chi connectivity index (χ4n) is 9.89. The molecule has 0 radical (unpaired) electrons. The van der Waals surface area contributed by atoms with Crippen molar-refractivity contribution in [3.8, 4) is 120 Å². The van der Waals surface area contributed by atoms with Crippen LogP contribution in [0.15, 0.2) is 42.5 Å². The van der Waals surface area contributed by atoms with Gasteiger partial charge in [0.15, 0.2) is 75.8 Å². The van der Waals surface area contributed by atoms with Crippen molar-refractivity contribution in [1.82, 2.24) is 0 Å². The third-order valence-electron chi connectivity index (χ3n) is 13.4. The zero-order chi connectivity index (χ0) is 55.0. The Hall–Kier alpha value is -10.3. The number of esters is 4. The first-order valence-electron chi connectivity index (χ1n) is 21.9. The van der Waals surface area contributed by atoms with Gasteiger partial charge in [-0.15, -0.1) is 0 Å². The lowest BCUT2D eigenvalue weighted by Crippen LogP contribution is -2.55. The molecule has 10 rings (SSSR count). The number of carbonyl (C=O) groups is 4. The molecule has 0 saturated carbocycles. The highest BCUT2D eigenvalue weighted by molar-refractivity contribution is 6.11. The van der Waals surface area contributed by atoms with Crippen LogP contribution in [0.5, 0.6) is 97.7 Å². The summed E-state index contributed by atoms with van der Waals surface area (Å²) >= 11 is 0. The van der Waals surface area contributed by atoms with E-state index in [4.69, 9.17) is 23.7 Å². The number of hydrogen-bond donors (Lipinski definition) is 18. The van der Waals surface area contributed by atoms with Crippen molar-refractivity contribution < 1.29 is 135 Å².